The molecule has 2 aromatic rings. The van der Waals surface area contributed by atoms with E-state index in [0.717, 1.165) is 42.9 Å². The van der Waals surface area contributed by atoms with Crippen molar-refractivity contribution in [3.8, 4) is 11.5 Å². The fraction of sp³-hybridized carbons (Fsp3) is 0.381. The zero-order chi connectivity index (χ0) is 18.6. The zero-order valence-corrected chi connectivity index (χ0v) is 15.1. The molecular weight excluding hydrogens is 347 g/mol. The maximum Gasteiger partial charge on any atom is 0.238 e. The molecule has 0 saturated carbocycles. The second kappa shape index (κ2) is 7.96. The monoisotopic (exact) mass is 370 g/mol. The number of carbonyl (C=O) groups is 1. The molecule has 0 bridgehead atoms. The summed E-state index contributed by atoms with van der Waals surface area (Å²) in [5.41, 5.74) is 1.34. The Kier molecular flexibility index (Phi) is 5.25. The molecule has 1 fully saturated rings. The van der Waals surface area contributed by atoms with Crippen LogP contribution in [0.3, 0.4) is 0 Å². The molecular formula is C21H23FN2O3. The van der Waals surface area contributed by atoms with Crippen molar-refractivity contribution in [2.24, 2.45) is 0 Å². The van der Waals surface area contributed by atoms with Gasteiger partial charge in [-0.25, -0.2) is 4.39 Å². The summed E-state index contributed by atoms with van der Waals surface area (Å²) in [5.74, 6) is 0.916. The molecule has 1 atom stereocenters. The number of nitrogens with one attached hydrogen (secondary N) is 1. The molecule has 0 aliphatic carbocycles. The van der Waals surface area contributed by atoms with E-state index in [0.29, 0.717) is 13.2 Å². The van der Waals surface area contributed by atoms with Crippen molar-refractivity contribution in [1.29, 1.82) is 0 Å². The Morgan fingerprint density at radius 3 is 2.78 bits per heavy atom. The van der Waals surface area contributed by atoms with E-state index in [2.05, 4.69) is 10.2 Å². The van der Waals surface area contributed by atoms with E-state index in [1.807, 2.05) is 18.2 Å². The van der Waals surface area contributed by atoms with Gasteiger partial charge in [0, 0.05) is 12.5 Å². The minimum absolute atomic E-state index is 0.147. The number of anilines is 1. The Balaban J connectivity index is 1.45. The van der Waals surface area contributed by atoms with Gasteiger partial charge in [-0.15, -0.1) is 0 Å². The van der Waals surface area contributed by atoms with E-state index in [1.165, 1.54) is 6.07 Å². The van der Waals surface area contributed by atoms with Crippen molar-refractivity contribution in [3.05, 3.63) is 53.8 Å². The number of carbonyl (C=O) groups excluding carboxylic acids is 1. The standard InChI is InChI=1S/C21H23FN2O3/c22-16-5-1-2-6-17(16)23-21(25)14-24-10-3-7-18(24)15-8-9-19-20(13-15)27-12-4-11-26-19/h1-2,5-6,8-9,13,18H,3-4,7,10-12,14H2,(H,23,25)/t18-/m0/s1. The van der Waals surface area contributed by atoms with E-state index >= 15 is 0 Å². The van der Waals surface area contributed by atoms with Crippen LogP contribution in [-0.4, -0.2) is 37.1 Å². The Hall–Kier alpha value is -2.60. The number of ether oxygens (including phenoxy) is 2. The number of rotatable bonds is 4. The van der Waals surface area contributed by atoms with Gasteiger partial charge >= 0.3 is 0 Å². The molecule has 0 unspecified atom stereocenters. The number of para-hydroxylation sites is 1. The molecule has 0 radical (unpaired) electrons. The molecule has 2 heterocycles. The van der Waals surface area contributed by atoms with E-state index in [-0.39, 0.29) is 24.2 Å². The number of hydrogen-bond acceptors (Lipinski definition) is 4. The molecule has 1 N–H and O–H groups in total. The second-order valence-electron chi connectivity index (χ2n) is 6.91. The molecule has 1 amide bonds. The van der Waals surface area contributed by atoms with Crippen LogP contribution >= 0.6 is 0 Å². The SMILES string of the molecule is O=C(CN1CCC[C@H]1c1ccc2c(c1)OCCCO2)Nc1ccccc1F. The predicted molar refractivity (Wildman–Crippen MR) is 101 cm³/mol. The van der Waals surface area contributed by atoms with Crippen LogP contribution in [0.5, 0.6) is 11.5 Å². The fourth-order valence-electron chi connectivity index (χ4n) is 3.72. The van der Waals surface area contributed by atoms with E-state index < -0.39 is 5.82 Å². The van der Waals surface area contributed by atoms with Gasteiger partial charge in [0.25, 0.3) is 0 Å². The summed E-state index contributed by atoms with van der Waals surface area (Å²) in [4.78, 5) is 14.5. The fourth-order valence-corrected chi connectivity index (χ4v) is 3.72. The maximum absolute atomic E-state index is 13.7. The van der Waals surface area contributed by atoms with Crippen LogP contribution in [0.25, 0.3) is 0 Å². The molecule has 4 rings (SSSR count). The lowest BCUT2D eigenvalue weighted by Crippen LogP contribution is -2.33. The lowest BCUT2D eigenvalue weighted by atomic mass is 10.0. The molecule has 27 heavy (non-hydrogen) atoms. The average molecular weight is 370 g/mol. The van der Waals surface area contributed by atoms with Gasteiger partial charge in [0.2, 0.25) is 5.91 Å². The van der Waals surface area contributed by atoms with Gasteiger partial charge in [0.15, 0.2) is 11.5 Å². The molecule has 142 valence electrons. The molecule has 0 aromatic heterocycles. The molecule has 2 aliphatic rings. The largest absolute Gasteiger partial charge is 0.490 e. The van der Waals surface area contributed by atoms with Crippen molar-refractivity contribution < 1.29 is 18.7 Å². The number of nitrogens with zero attached hydrogens (tertiary/aromatic N) is 1. The minimum Gasteiger partial charge on any atom is -0.490 e. The van der Waals surface area contributed by atoms with Gasteiger partial charge in [-0.05, 0) is 49.2 Å². The molecule has 2 aromatic carbocycles. The van der Waals surface area contributed by atoms with Gasteiger partial charge in [-0.3, -0.25) is 9.69 Å². The molecule has 0 spiro atoms. The van der Waals surface area contributed by atoms with Crippen molar-refractivity contribution in [2.75, 3.05) is 31.6 Å². The minimum atomic E-state index is -0.424. The summed E-state index contributed by atoms with van der Waals surface area (Å²) in [6, 6.07) is 12.4. The van der Waals surface area contributed by atoms with Crippen LogP contribution < -0.4 is 14.8 Å². The van der Waals surface area contributed by atoms with Crippen LogP contribution in [-0.2, 0) is 4.79 Å². The Labute approximate surface area is 158 Å². The average Bonchev–Trinajstić information content (AvgIpc) is 2.99. The Morgan fingerprint density at radius 1 is 1.11 bits per heavy atom. The van der Waals surface area contributed by atoms with Crippen molar-refractivity contribution in [1.82, 2.24) is 4.90 Å². The van der Waals surface area contributed by atoms with Crippen molar-refractivity contribution >= 4 is 11.6 Å². The number of fused-ring (bicyclic) bond motifs is 1. The van der Waals surface area contributed by atoms with Crippen LogP contribution in [0, 0.1) is 5.82 Å². The number of hydrogen-bond donors (Lipinski definition) is 1. The zero-order valence-electron chi connectivity index (χ0n) is 15.1. The number of likely N-dealkylation sites (tertiary alicyclic amines) is 1. The van der Waals surface area contributed by atoms with Crippen LogP contribution in [0.4, 0.5) is 10.1 Å². The smallest absolute Gasteiger partial charge is 0.238 e. The summed E-state index contributed by atoms with van der Waals surface area (Å²) in [6.45, 7) is 2.38. The van der Waals surface area contributed by atoms with Crippen molar-refractivity contribution in [2.45, 2.75) is 25.3 Å². The quantitative estimate of drug-likeness (QED) is 0.890. The van der Waals surface area contributed by atoms with Gasteiger partial charge in [0.1, 0.15) is 5.82 Å². The number of halogens is 1. The van der Waals surface area contributed by atoms with Crippen LogP contribution in [0.1, 0.15) is 30.9 Å². The van der Waals surface area contributed by atoms with Gasteiger partial charge in [-0.2, -0.15) is 0 Å². The van der Waals surface area contributed by atoms with Crippen LogP contribution in [0.2, 0.25) is 0 Å². The first-order valence-electron chi connectivity index (χ1n) is 9.39. The van der Waals surface area contributed by atoms with Gasteiger partial charge in [-0.1, -0.05) is 18.2 Å². The van der Waals surface area contributed by atoms with E-state index in [4.69, 9.17) is 9.47 Å². The number of amides is 1. The highest BCUT2D eigenvalue weighted by Gasteiger charge is 2.28. The lowest BCUT2D eigenvalue weighted by molar-refractivity contribution is -0.117. The topological polar surface area (TPSA) is 50.8 Å². The predicted octanol–water partition coefficient (Wildman–Crippen LogP) is 3.76. The summed E-state index contributed by atoms with van der Waals surface area (Å²) in [6.07, 6.45) is 2.87. The molecule has 2 aliphatic heterocycles. The highest BCUT2D eigenvalue weighted by Crippen LogP contribution is 2.37. The Bertz CT molecular complexity index is 827. The molecule has 1 saturated heterocycles. The summed E-state index contributed by atoms with van der Waals surface area (Å²) >= 11 is 0. The first-order valence-corrected chi connectivity index (χ1v) is 9.39. The van der Waals surface area contributed by atoms with E-state index in [1.54, 1.807) is 18.2 Å². The molecule has 6 heteroatoms. The third kappa shape index (κ3) is 4.06. The third-order valence-corrected chi connectivity index (χ3v) is 5.01. The summed E-state index contributed by atoms with van der Waals surface area (Å²) in [5, 5.41) is 2.67. The second-order valence-corrected chi connectivity index (χ2v) is 6.91. The highest BCUT2D eigenvalue weighted by atomic mass is 19.1. The van der Waals surface area contributed by atoms with Gasteiger partial charge < -0.3 is 14.8 Å². The molecule has 5 nitrogen and oxygen atoms in total. The third-order valence-electron chi connectivity index (χ3n) is 5.01. The normalized spacial score (nSPS) is 19.5. The number of benzene rings is 2. The van der Waals surface area contributed by atoms with Gasteiger partial charge in [0.05, 0.1) is 25.4 Å². The van der Waals surface area contributed by atoms with Crippen LogP contribution in [0.15, 0.2) is 42.5 Å². The lowest BCUT2D eigenvalue weighted by Gasteiger charge is -2.25. The van der Waals surface area contributed by atoms with E-state index in [9.17, 15) is 9.18 Å². The summed E-state index contributed by atoms with van der Waals surface area (Å²) < 4.78 is 25.2. The van der Waals surface area contributed by atoms with Crippen molar-refractivity contribution in [3.63, 3.8) is 0 Å². The summed E-state index contributed by atoms with van der Waals surface area (Å²) in [7, 11) is 0. The first kappa shape index (κ1) is 17.8. The Morgan fingerprint density at radius 2 is 1.93 bits per heavy atom. The highest BCUT2D eigenvalue weighted by molar-refractivity contribution is 5.92. The first-order chi connectivity index (χ1) is 13.2. The maximum atomic E-state index is 13.7.